The van der Waals surface area contributed by atoms with Crippen molar-refractivity contribution in [2.45, 2.75) is 31.4 Å². The first kappa shape index (κ1) is 19.3. The third-order valence-corrected chi connectivity index (χ3v) is 5.55. The standard InChI is InChI=1S/C21H21N3O4S/c1-3-13(2)15-6-4-5-7-16(15)22-19(25)11-29-21-24-23-20(28-21)14-8-9-17-18(10-14)27-12-26-17/h4-10,13H,3,11-12H2,1-2H3,(H,22,25)/t13-/m0/s1. The summed E-state index contributed by atoms with van der Waals surface area (Å²) in [5, 5.41) is 11.4. The van der Waals surface area contributed by atoms with Crippen molar-refractivity contribution in [2.24, 2.45) is 0 Å². The zero-order chi connectivity index (χ0) is 20.2. The number of amides is 1. The Balaban J connectivity index is 1.37. The molecule has 1 N–H and O–H groups in total. The topological polar surface area (TPSA) is 86.5 Å². The zero-order valence-electron chi connectivity index (χ0n) is 16.2. The van der Waals surface area contributed by atoms with E-state index in [9.17, 15) is 4.79 Å². The van der Waals surface area contributed by atoms with Crippen LogP contribution >= 0.6 is 11.8 Å². The molecule has 0 bridgehead atoms. The molecule has 0 saturated carbocycles. The third kappa shape index (κ3) is 4.37. The number of rotatable bonds is 7. The second kappa shape index (κ2) is 8.57. The molecule has 0 saturated heterocycles. The fraction of sp³-hybridized carbons (Fsp3) is 0.286. The molecule has 150 valence electrons. The summed E-state index contributed by atoms with van der Waals surface area (Å²) in [6.45, 7) is 4.49. The van der Waals surface area contributed by atoms with Crippen molar-refractivity contribution < 1.29 is 18.7 Å². The van der Waals surface area contributed by atoms with Crippen molar-refractivity contribution in [1.82, 2.24) is 10.2 Å². The highest BCUT2D eigenvalue weighted by molar-refractivity contribution is 7.99. The molecule has 0 spiro atoms. The molecule has 0 unspecified atom stereocenters. The van der Waals surface area contributed by atoms with Gasteiger partial charge in [-0.25, -0.2) is 0 Å². The van der Waals surface area contributed by atoms with Gasteiger partial charge in [0.15, 0.2) is 11.5 Å². The second-order valence-corrected chi connectivity index (χ2v) is 7.60. The van der Waals surface area contributed by atoms with Crippen molar-refractivity contribution in [3.05, 3.63) is 48.0 Å². The molecule has 1 aromatic heterocycles. The van der Waals surface area contributed by atoms with Gasteiger partial charge >= 0.3 is 0 Å². The minimum absolute atomic E-state index is 0.117. The Kier molecular flexibility index (Phi) is 5.71. The molecule has 7 nitrogen and oxygen atoms in total. The number of para-hydroxylation sites is 1. The van der Waals surface area contributed by atoms with Crippen LogP contribution in [0.3, 0.4) is 0 Å². The molecule has 2 aromatic carbocycles. The summed E-state index contributed by atoms with van der Waals surface area (Å²) >= 11 is 1.20. The molecule has 1 atom stereocenters. The smallest absolute Gasteiger partial charge is 0.277 e. The lowest BCUT2D eigenvalue weighted by Gasteiger charge is -2.15. The van der Waals surface area contributed by atoms with Crippen LogP contribution in [0.5, 0.6) is 11.5 Å². The van der Waals surface area contributed by atoms with E-state index in [0.717, 1.165) is 23.2 Å². The van der Waals surface area contributed by atoms with Gasteiger partial charge in [-0.1, -0.05) is 43.8 Å². The first-order chi connectivity index (χ1) is 14.1. The Hall–Kier alpha value is -3.00. The van der Waals surface area contributed by atoms with Crippen molar-refractivity contribution in [1.29, 1.82) is 0 Å². The monoisotopic (exact) mass is 411 g/mol. The lowest BCUT2D eigenvalue weighted by Crippen LogP contribution is -2.15. The number of ether oxygens (including phenoxy) is 2. The van der Waals surface area contributed by atoms with E-state index < -0.39 is 0 Å². The maximum absolute atomic E-state index is 12.4. The molecule has 4 rings (SSSR count). The number of nitrogens with zero attached hydrogens (tertiary/aromatic N) is 2. The molecule has 1 aliphatic heterocycles. The number of carbonyl (C=O) groups is 1. The fourth-order valence-corrected chi connectivity index (χ4v) is 3.55. The van der Waals surface area contributed by atoms with E-state index in [1.807, 2.05) is 30.3 Å². The number of hydrogen-bond donors (Lipinski definition) is 1. The lowest BCUT2D eigenvalue weighted by atomic mass is 9.97. The second-order valence-electron chi connectivity index (χ2n) is 6.67. The van der Waals surface area contributed by atoms with Crippen molar-refractivity contribution >= 4 is 23.4 Å². The molecule has 29 heavy (non-hydrogen) atoms. The minimum atomic E-state index is -0.117. The summed E-state index contributed by atoms with van der Waals surface area (Å²) in [7, 11) is 0. The summed E-state index contributed by atoms with van der Waals surface area (Å²) in [5.74, 6) is 2.14. The van der Waals surface area contributed by atoms with E-state index in [-0.39, 0.29) is 18.5 Å². The van der Waals surface area contributed by atoms with Gasteiger partial charge in [-0.15, -0.1) is 10.2 Å². The van der Waals surface area contributed by atoms with Crippen LogP contribution in [-0.2, 0) is 4.79 Å². The summed E-state index contributed by atoms with van der Waals surface area (Å²) in [4.78, 5) is 12.4. The van der Waals surface area contributed by atoms with Gasteiger partial charge in [0.1, 0.15) is 0 Å². The molecular formula is C21H21N3O4S. The first-order valence-corrected chi connectivity index (χ1v) is 10.4. The van der Waals surface area contributed by atoms with Crippen LogP contribution < -0.4 is 14.8 Å². The molecule has 8 heteroatoms. The zero-order valence-corrected chi connectivity index (χ0v) is 17.0. The Morgan fingerprint density at radius 1 is 1.17 bits per heavy atom. The average molecular weight is 411 g/mol. The number of thioether (sulfide) groups is 1. The fourth-order valence-electron chi connectivity index (χ4n) is 2.99. The number of hydrogen-bond acceptors (Lipinski definition) is 7. The third-order valence-electron chi connectivity index (χ3n) is 4.73. The molecule has 0 radical (unpaired) electrons. The highest BCUT2D eigenvalue weighted by atomic mass is 32.2. The van der Waals surface area contributed by atoms with E-state index >= 15 is 0 Å². The quantitative estimate of drug-likeness (QED) is 0.563. The normalized spacial score (nSPS) is 13.3. The van der Waals surface area contributed by atoms with E-state index in [2.05, 4.69) is 29.4 Å². The summed E-state index contributed by atoms with van der Waals surface area (Å²) in [6, 6.07) is 13.3. The number of nitrogens with one attached hydrogen (secondary N) is 1. The summed E-state index contributed by atoms with van der Waals surface area (Å²) < 4.78 is 16.3. The first-order valence-electron chi connectivity index (χ1n) is 9.39. The van der Waals surface area contributed by atoms with Crippen molar-refractivity contribution in [3.63, 3.8) is 0 Å². The van der Waals surface area contributed by atoms with Crippen molar-refractivity contribution in [2.75, 3.05) is 17.9 Å². The minimum Gasteiger partial charge on any atom is -0.454 e. The van der Waals surface area contributed by atoms with Crippen LogP contribution in [-0.4, -0.2) is 28.7 Å². The van der Waals surface area contributed by atoms with Gasteiger partial charge in [0.05, 0.1) is 5.75 Å². The van der Waals surface area contributed by atoms with E-state index in [1.165, 1.54) is 11.8 Å². The molecule has 2 heterocycles. The lowest BCUT2D eigenvalue weighted by molar-refractivity contribution is -0.113. The van der Waals surface area contributed by atoms with Gasteiger partial charge in [0, 0.05) is 11.3 Å². The molecule has 1 aliphatic rings. The Bertz CT molecular complexity index is 1020. The van der Waals surface area contributed by atoms with Gasteiger partial charge in [-0.05, 0) is 42.2 Å². The van der Waals surface area contributed by atoms with Crippen LogP contribution in [0.2, 0.25) is 0 Å². The van der Waals surface area contributed by atoms with E-state index in [0.29, 0.717) is 28.5 Å². The molecule has 0 aliphatic carbocycles. The Labute approximate surface area is 172 Å². The van der Waals surface area contributed by atoms with Crippen LogP contribution in [0.25, 0.3) is 11.5 Å². The number of fused-ring (bicyclic) bond motifs is 1. The molecule has 1 amide bonds. The van der Waals surface area contributed by atoms with E-state index in [1.54, 1.807) is 12.1 Å². The van der Waals surface area contributed by atoms with Gasteiger partial charge in [0.25, 0.3) is 5.22 Å². The number of anilines is 1. The average Bonchev–Trinajstić information content (AvgIpc) is 3.41. The van der Waals surface area contributed by atoms with Crippen LogP contribution in [0.15, 0.2) is 52.1 Å². The summed E-state index contributed by atoms with van der Waals surface area (Å²) in [5.41, 5.74) is 2.72. The van der Waals surface area contributed by atoms with Crippen LogP contribution in [0.1, 0.15) is 31.7 Å². The predicted molar refractivity (Wildman–Crippen MR) is 110 cm³/mol. The largest absolute Gasteiger partial charge is 0.454 e. The van der Waals surface area contributed by atoms with Gasteiger partial charge in [-0.2, -0.15) is 0 Å². The van der Waals surface area contributed by atoms with Gasteiger partial charge < -0.3 is 19.2 Å². The Morgan fingerprint density at radius 3 is 2.86 bits per heavy atom. The van der Waals surface area contributed by atoms with Crippen LogP contribution in [0.4, 0.5) is 5.69 Å². The van der Waals surface area contributed by atoms with E-state index in [4.69, 9.17) is 13.9 Å². The SMILES string of the molecule is CC[C@H](C)c1ccccc1NC(=O)CSc1nnc(-c2ccc3c(c2)OCO3)o1. The highest BCUT2D eigenvalue weighted by Crippen LogP contribution is 2.36. The molecular weight excluding hydrogens is 390 g/mol. The maximum Gasteiger partial charge on any atom is 0.277 e. The van der Waals surface area contributed by atoms with Crippen LogP contribution in [0, 0.1) is 0 Å². The molecule has 0 fully saturated rings. The summed E-state index contributed by atoms with van der Waals surface area (Å²) in [6.07, 6.45) is 1.01. The predicted octanol–water partition coefficient (Wildman–Crippen LogP) is 4.71. The van der Waals surface area contributed by atoms with Gasteiger partial charge in [-0.3, -0.25) is 4.79 Å². The number of benzene rings is 2. The number of aromatic nitrogens is 2. The Morgan fingerprint density at radius 2 is 2.00 bits per heavy atom. The number of carbonyl (C=O) groups excluding carboxylic acids is 1. The highest BCUT2D eigenvalue weighted by Gasteiger charge is 2.17. The molecule has 3 aromatic rings. The maximum atomic E-state index is 12.4. The van der Waals surface area contributed by atoms with Crippen molar-refractivity contribution in [3.8, 4) is 23.0 Å². The van der Waals surface area contributed by atoms with Gasteiger partial charge in [0.2, 0.25) is 18.6 Å².